The quantitative estimate of drug-likeness (QED) is 0.208. The van der Waals surface area contributed by atoms with Crippen LogP contribution >= 0.6 is 11.9 Å². The van der Waals surface area contributed by atoms with Gasteiger partial charge in [0.1, 0.15) is 5.04 Å². The number of pyridine rings is 1. The number of fused-ring (bicyclic) bond motifs is 1. The van der Waals surface area contributed by atoms with Crippen LogP contribution in [0.1, 0.15) is 16.8 Å². The van der Waals surface area contributed by atoms with Crippen molar-refractivity contribution in [1.29, 1.82) is 0 Å². The molecule has 6 nitrogen and oxygen atoms in total. The standard InChI is InChI=1S/C23H22N6S/c1-17-14-29(16-28-17)21-8-5-18(6-9-21)13-25-15-27-23(30-24-2)20-7-10-22-19(12-20)4-3-11-26-22/h3-12,14,16,25H,2,13,15H2,1H3/b27-23-. The van der Waals surface area contributed by atoms with Crippen LogP contribution in [0.15, 0.2) is 82.7 Å². The second kappa shape index (κ2) is 9.47. The van der Waals surface area contributed by atoms with E-state index in [4.69, 9.17) is 0 Å². The summed E-state index contributed by atoms with van der Waals surface area (Å²) in [6.45, 7) is 6.80. The molecule has 0 aliphatic carbocycles. The van der Waals surface area contributed by atoms with Crippen molar-refractivity contribution in [3.8, 4) is 5.69 Å². The van der Waals surface area contributed by atoms with E-state index in [2.05, 4.69) is 61.7 Å². The number of nitrogens with one attached hydrogen (secondary N) is 1. The Morgan fingerprint density at radius 3 is 2.77 bits per heavy atom. The van der Waals surface area contributed by atoms with Gasteiger partial charge in [-0.3, -0.25) is 15.3 Å². The number of nitrogens with zero attached hydrogens (tertiary/aromatic N) is 5. The molecule has 2 heterocycles. The molecule has 1 N–H and O–H groups in total. The van der Waals surface area contributed by atoms with Crippen LogP contribution in [0.3, 0.4) is 0 Å². The lowest BCUT2D eigenvalue weighted by Crippen LogP contribution is -2.14. The summed E-state index contributed by atoms with van der Waals surface area (Å²) in [6.07, 6.45) is 5.63. The molecule has 0 unspecified atom stereocenters. The van der Waals surface area contributed by atoms with Crippen molar-refractivity contribution in [3.63, 3.8) is 0 Å². The van der Waals surface area contributed by atoms with Gasteiger partial charge in [0.05, 0.1) is 24.2 Å². The lowest BCUT2D eigenvalue weighted by molar-refractivity contribution is 0.711. The highest BCUT2D eigenvalue weighted by Crippen LogP contribution is 2.19. The number of hydrogen-bond acceptors (Lipinski definition) is 6. The monoisotopic (exact) mass is 414 g/mol. The van der Waals surface area contributed by atoms with Crippen LogP contribution < -0.4 is 5.32 Å². The van der Waals surface area contributed by atoms with E-state index in [-0.39, 0.29) is 0 Å². The smallest absolute Gasteiger partial charge is 0.122 e. The van der Waals surface area contributed by atoms with Crippen LogP contribution in [0.2, 0.25) is 0 Å². The zero-order valence-electron chi connectivity index (χ0n) is 16.7. The van der Waals surface area contributed by atoms with E-state index >= 15 is 0 Å². The summed E-state index contributed by atoms with van der Waals surface area (Å²) in [5, 5.41) is 5.27. The molecule has 30 heavy (non-hydrogen) atoms. The van der Waals surface area contributed by atoms with Crippen molar-refractivity contribution < 1.29 is 0 Å². The van der Waals surface area contributed by atoms with E-state index in [0.717, 1.165) is 39.4 Å². The number of aliphatic imine (C=N–C) groups is 1. The molecule has 0 aliphatic rings. The van der Waals surface area contributed by atoms with Gasteiger partial charge in [-0.25, -0.2) is 9.38 Å². The van der Waals surface area contributed by atoms with Crippen molar-refractivity contribution in [1.82, 2.24) is 19.9 Å². The van der Waals surface area contributed by atoms with Gasteiger partial charge in [-0.05, 0) is 49.5 Å². The number of aromatic nitrogens is 3. The third-order valence-corrected chi connectivity index (χ3v) is 5.28. The maximum absolute atomic E-state index is 4.68. The Morgan fingerprint density at radius 1 is 1.13 bits per heavy atom. The summed E-state index contributed by atoms with van der Waals surface area (Å²) in [4.78, 5) is 13.3. The molecule has 0 bridgehead atoms. The van der Waals surface area contributed by atoms with Gasteiger partial charge in [0.15, 0.2) is 0 Å². The van der Waals surface area contributed by atoms with Gasteiger partial charge < -0.3 is 4.57 Å². The van der Waals surface area contributed by atoms with E-state index in [0.29, 0.717) is 6.67 Å². The first-order valence-corrected chi connectivity index (χ1v) is 10.3. The van der Waals surface area contributed by atoms with Crippen molar-refractivity contribution in [3.05, 3.63) is 90.1 Å². The van der Waals surface area contributed by atoms with Crippen LogP contribution in [0.25, 0.3) is 16.6 Å². The average molecular weight is 415 g/mol. The molecule has 0 spiro atoms. The molecule has 0 saturated heterocycles. The van der Waals surface area contributed by atoms with Crippen molar-refractivity contribution in [2.75, 3.05) is 6.67 Å². The van der Waals surface area contributed by atoms with Crippen LogP contribution in [-0.2, 0) is 6.54 Å². The minimum atomic E-state index is 0.491. The highest BCUT2D eigenvalue weighted by atomic mass is 32.2. The minimum Gasteiger partial charge on any atom is -0.306 e. The molecule has 0 atom stereocenters. The lowest BCUT2D eigenvalue weighted by atomic mass is 10.1. The third kappa shape index (κ3) is 4.82. The fourth-order valence-corrected chi connectivity index (χ4v) is 3.60. The Labute approximate surface area is 180 Å². The number of benzene rings is 2. The van der Waals surface area contributed by atoms with Crippen LogP contribution in [0, 0.1) is 6.92 Å². The SMILES string of the molecule is C=NS/C(=N\CNCc1ccc(-n2cnc(C)c2)cc1)c1ccc2ncccc2c1. The van der Waals surface area contributed by atoms with E-state index in [1.165, 1.54) is 17.5 Å². The third-order valence-electron chi connectivity index (χ3n) is 4.61. The molecule has 0 aliphatic heterocycles. The molecule has 0 radical (unpaired) electrons. The number of imidazole rings is 1. The summed E-state index contributed by atoms with van der Waals surface area (Å²) in [7, 11) is 0. The Morgan fingerprint density at radius 2 is 2.00 bits per heavy atom. The molecule has 2 aromatic heterocycles. The summed E-state index contributed by atoms with van der Waals surface area (Å²) in [6, 6.07) is 18.5. The first-order chi connectivity index (χ1) is 14.7. The van der Waals surface area contributed by atoms with Crippen molar-refractivity contribution in [2.45, 2.75) is 13.5 Å². The second-order valence-electron chi connectivity index (χ2n) is 6.77. The number of aryl methyl sites for hydroxylation is 1. The summed E-state index contributed by atoms with van der Waals surface area (Å²) in [5.74, 6) is 0. The van der Waals surface area contributed by atoms with Gasteiger partial charge in [0.25, 0.3) is 0 Å². The zero-order chi connectivity index (χ0) is 20.8. The number of hydrogen-bond donors (Lipinski definition) is 1. The Hall–Kier alpha value is -3.29. The molecule has 7 heteroatoms. The van der Waals surface area contributed by atoms with E-state index < -0.39 is 0 Å². The van der Waals surface area contributed by atoms with Crippen LogP contribution in [-0.4, -0.2) is 33.0 Å². The van der Waals surface area contributed by atoms with E-state index in [9.17, 15) is 0 Å². The van der Waals surface area contributed by atoms with Gasteiger partial charge in [0.2, 0.25) is 0 Å². The first kappa shape index (κ1) is 20.0. The maximum atomic E-state index is 4.68. The summed E-state index contributed by atoms with van der Waals surface area (Å²) in [5.41, 5.74) is 5.26. The van der Waals surface area contributed by atoms with Gasteiger partial charge in [-0.2, -0.15) is 0 Å². The molecule has 150 valence electrons. The molecular formula is C23H22N6S. The maximum Gasteiger partial charge on any atom is 0.122 e. The van der Waals surface area contributed by atoms with Crippen LogP contribution in [0.5, 0.6) is 0 Å². The highest BCUT2D eigenvalue weighted by molar-refractivity contribution is 8.13. The first-order valence-electron chi connectivity index (χ1n) is 9.56. The normalized spacial score (nSPS) is 11.7. The van der Waals surface area contributed by atoms with Gasteiger partial charge in [-0.15, -0.1) is 0 Å². The molecule has 0 saturated carbocycles. The molecule has 4 rings (SSSR count). The number of rotatable bonds is 7. The minimum absolute atomic E-state index is 0.491. The van der Waals surface area contributed by atoms with Crippen LogP contribution in [0.4, 0.5) is 0 Å². The lowest BCUT2D eigenvalue weighted by Gasteiger charge is -2.07. The fourth-order valence-electron chi connectivity index (χ4n) is 3.12. The largest absolute Gasteiger partial charge is 0.306 e. The highest BCUT2D eigenvalue weighted by Gasteiger charge is 2.06. The van der Waals surface area contributed by atoms with E-state index in [1.54, 1.807) is 6.20 Å². The zero-order valence-corrected chi connectivity index (χ0v) is 17.5. The summed E-state index contributed by atoms with van der Waals surface area (Å²) >= 11 is 1.28. The topological polar surface area (TPSA) is 67.5 Å². The predicted octanol–water partition coefficient (Wildman–Crippen LogP) is 4.57. The summed E-state index contributed by atoms with van der Waals surface area (Å²) < 4.78 is 5.97. The van der Waals surface area contributed by atoms with Gasteiger partial charge in [0, 0.05) is 47.5 Å². The van der Waals surface area contributed by atoms with Gasteiger partial charge in [-0.1, -0.05) is 24.3 Å². The van der Waals surface area contributed by atoms with Crippen molar-refractivity contribution >= 4 is 34.6 Å². The fraction of sp³-hybridized carbons (Fsp3) is 0.130. The Bertz CT molecular complexity index is 1180. The molecule has 0 fully saturated rings. The molecule has 4 aromatic rings. The molecule has 0 amide bonds. The molecular weight excluding hydrogens is 392 g/mol. The van der Waals surface area contributed by atoms with E-state index in [1.807, 2.05) is 48.3 Å². The van der Waals surface area contributed by atoms with Crippen molar-refractivity contribution in [2.24, 2.45) is 9.39 Å². The second-order valence-corrected chi connectivity index (χ2v) is 7.60. The molecule has 2 aromatic carbocycles. The van der Waals surface area contributed by atoms with Gasteiger partial charge >= 0.3 is 0 Å². The Kier molecular flexibility index (Phi) is 6.32. The predicted molar refractivity (Wildman–Crippen MR) is 125 cm³/mol. The average Bonchev–Trinajstić information content (AvgIpc) is 3.22. The Balaban J connectivity index is 1.39.